The zero-order valence-corrected chi connectivity index (χ0v) is 11.8. The molecule has 0 saturated heterocycles. The molecule has 0 aliphatic carbocycles. The van der Waals surface area contributed by atoms with Crippen LogP contribution < -0.4 is 5.32 Å². The van der Waals surface area contributed by atoms with Crippen LogP contribution in [0, 0.1) is 13.8 Å². The highest BCUT2D eigenvalue weighted by atomic mass is 32.1. The Kier molecular flexibility index (Phi) is 4.34. The van der Waals surface area contributed by atoms with Crippen LogP contribution in [0.4, 0.5) is 0 Å². The monoisotopic (exact) mass is 279 g/mol. The number of carboxylic acid groups (broad SMARTS) is 1. The Labute approximate surface area is 115 Å². The molecule has 0 radical (unpaired) electrons. The van der Waals surface area contributed by atoms with E-state index < -0.39 is 5.97 Å². The second-order valence-electron chi connectivity index (χ2n) is 4.46. The summed E-state index contributed by atoms with van der Waals surface area (Å²) in [7, 11) is 0. The van der Waals surface area contributed by atoms with Gasteiger partial charge in [0.15, 0.2) is 0 Å². The Balaban J connectivity index is 2.07. The standard InChI is InChI=1S/C13H17N3O2S/c1-8-10(9(2)16-15-8)7-14-11(6-13(17)18)12-4-3-5-19-12/h3-5,11,14H,6-7H2,1-2H3,(H,15,16)(H,17,18). The molecular weight excluding hydrogens is 262 g/mol. The summed E-state index contributed by atoms with van der Waals surface area (Å²) in [4.78, 5) is 12.0. The van der Waals surface area contributed by atoms with Gasteiger partial charge in [0.2, 0.25) is 0 Å². The summed E-state index contributed by atoms with van der Waals surface area (Å²) in [5.74, 6) is -0.800. The third kappa shape index (κ3) is 3.42. The Morgan fingerprint density at radius 1 is 1.58 bits per heavy atom. The van der Waals surface area contributed by atoms with E-state index in [2.05, 4.69) is 15.5 Å². The molecule has 2 aromatic rings. The molecule has 2 rings (SSSR count). The van der Waals surface area contributed by atoms with Crippen molar-refractivity contribution in [3.63, 3.8) is 0 Å². The number of hydrogen-bond acceptors (Lipinski definition) is 4. The lowest BCUT2D eigenvalue weighted by Crippen LogP contribution is -2.23. The molecule has 2 heterocycles. The highest BCUT2D eigenvalue weighted by Gasteiger charge is 2.17. The highest BCUT2D eigenvalue weighted by Crippen LogP contribution is 2.23. The molecule has 1 unspecified atom stereocenters. The van der Waals surface area contributed by atoms with Gasteiger partial charge in [0.25, 0.3) is 0 Å². The van der Waals surface area contributed by atoms with Crippen LogP contribution >= 0.6 is 11.3 Å². The number of aryl methyl sites for hydroxylation is 2. The van der Waals surface area contributed by atoms with Gasteiger partial charge in [-0.05, 0) is 25.3 Å². The first-order valence-electron chi connectivity index (χ1n) is 6.07. The maximum atomic E-state index is 10.9. The lowest BCUT2D eigenvalue weighted by atomic mass is 10.1. The number of nitrogens with one attached hydrogen (secondary N) is 2. The number of carboxylic acids is 1. The van der Waals surface area contributed by atoms with Crippen molar-refractivity contribution in [2.45, 2.75) is 32.9 Å². The number of carbonyl (C=O) groups is 1. The largest absolute Gasteiger partial charge is 0.481 e. The van der Waals surface area contributed by atoms with Crippen LogP contribution in [-0.2, 0) is 11.3 Å². The number of aliphatic carboxylic acids is 1. The van der Waals surface area contributed by atoms with Crippen LogP contribution in [0.5, 0.6) is 0 Å². The molecule has 0 bridgehead atoms. The second kappa shape index (κ2) is 5.99. The lowest BCUT2D eigenvalue weighted by Gasteiger charge is -2.15. The topological polar surface area (TPSA) is 78.0 Å². The molecule has 19 heavy (non-hydrogen) atoms. The van der Waals surface area contributed by atoms with Crippen molar-refractivity contribution in [1.29, 1.82) is 0 Å². The fraction of sp³-hybridized carbons (Fsp3) is 0.385. The zero-order valence-electron chi connectivity index (χ0n) is 10.9. The summed E-state index contributed by atoms with van der Waals surface area (Å²) in [5, 5.41) is 21.3. The predicted octanol–water partition coefficient (Wildman–Crippen LogP) is 2.39. The molecule has 0 spiro atoms. The van der Waals surface area contributed by atoms with Gasteiger partial charge >= 0.3 is 5.97 Å². The Morgan fingerprint density at radius 3 is 2.89 bits per heavy atom. The van der Waals surface area contributed by atoms with Gasteiger partial charge < -0.3 is 10.4 Å². The van der Waals surface area contributed by atoms with Crippen molar-refractivity contribution in [3.8, 4) is 0 Å². The maximum Gasteiger partial charge on any atom is 0.305 e. The number of aromatic nitrogens is 2. The van der Waals surface area contributed by atoms with Crippen molar-refractivity contribution < 1.29 is 9.90 Å². The molecule has 1 atom stereocenters. The van der Waals surface area contributed by atoms with Gasteiger partial charge in [0.1, 0.15) is 0 Å². The Morgan fingerprint density at radius 2 is 2.37 bits per heavy atom. The van der Waals surface area contributed by atoms with Crippen LogP contribution in [0.1, 0.15) is 34.3 Å². The number of H-pyrrole nitrogens is 1. The molecule has 0 aliphatic rings. The summed E-state index contributed by atoms with van der Waals surface area (Å²) < 4.78 is 0. The molecule has 0 aromatic carbocycles. The summed E-state index contributed by atoms with van der Waals surface area (Å²) in [6.07, 6.45) is 0.0798. The minimum Gasteiger partial charge on any atom is -0.481 e. The van der Waals surface area contributed by atoms with E-state index in [9.17, 15) is 4.79 Å². The van der Waals surface area contributed by atoms with Crippen molar-refractivity contribution in [1.82, 2.24) is 15.5 Å². The van der Waals surface area contributed by atoms with E-state index in [-0.39, 0.29) is 12.5 Å². The zero-order chi connectivity index (χ0) is 13.8. The van der Waals surface area contributed by atoms with Gasteiger partial charge in [-0.3, -0.25) is 9.89 Å². The summed E-state index contributed by atoms with van der Waals surface area (Å²) in [6, 6.07) is 3.73. The highest BCUT2D eigenvalue weighted by molar-refractivity contribution is 7.10. The predicted molar refractivity (Wildman–Crippen MR) is 74.2 cm³/mol. The Bertz CT molecular complexity index is 529. The van der Waals surface area contributed by atoms with Crippen molar-refractivity contribution >= 4 is 17.3 Å². The van der Waals surface area contributed by atoms with Gasteiger partial charge in [-0.1, -0.05) is 6.07 Å². The van der Waals surface area contributed by atoms with E-state index in [1.807, 2.05) is 31.4 Å². The summed E-state index contributed by atoms with van der Waals surface area (Å²) in [6.45, 7) is 4.52. The van der Waals surface area contributed by atoms with Crippen LogP contribution in [0.2, 0.25) is 0 Å². The summed E-state index contributed by atoms with van der Waals surface area (Å²) in [5.41, 5.74) is 3.07. The molecule has 102 valence electrons. The number of nitrogens with zero attached hydrogens (tertiary/aromatic N) is 1. The van der Waals surface area contributed by atoms with E-state index in [1.165, 1.54) is 0 Å². The smallest absolute Gasteiger partial charge is 0.305 e. The van der Waals surface area contributed by atoms with Crippen LogP contribution in [0.25, 0.3) is 0 Å². The molecule has 0 aliphatic heterocycles. The normalized spacial score (nSPS) is 12.5. The molecular formula is C13H17N3O2S. The van der Waals surface area contributed by atoms with Gasteiger partial charge in [-0.15, -0.1) is 11.3 Å². The molecule has 6 heteroatoms. The first kappa shape index (κ1) is 13.8. The van der Waals surface area contributed by atoms with Crippen LogP contribution in [0.3, 0.4) is 0 Å². The molecule has 5 nitrogen and oxygen atoms in total. The van der Waals surface area contributed by atoms with Crippen molar-refractivity contribution in [2.75, 3.05) is 0 Å². The van der Waals surface area contributed by atoms with Gasteiger partial charge in [0.05, 0.1) is 18.2 Å². The van der Waals surface area contributed by atoms with Crippen molar-refractivity contribution in [2.24, 2.45) is 0 Å². The average molecular weight is 279 g/mol. The number of rotatable bonds is 6. The van der Waals surface area contributed by atoms with E-state index >= 15 is 0 Å². The number of thiophene rings is 1. The molecule has 3 N–H and O–H groups in total. The third-order valence-electron chi connectivity index (χ3n) is 3.07. The minimum absolute atomic E-state index is 0.0798. The van der Waals surface area contributed by atoms with E-state index in [1.54, 1.807) is 11.3 Å². The maximum absolute atomic E-state index is 10.9. The van der Waals surface area contributed by atoms with E-state index in [4.69, 9.17) is 5.11 Å². The fourth-order valence-electron chi connectivity index (χ4n) is 2.00. The van der Waals surface area contributed by atoms with Crippen molar-refractivity contribution in [3.05, 3.63) is 39.3 Å². The number of hydrogen-bond donors (Lipinski definition) is 3. The fourth-order valence-corrected chi connectivity index (χ4v) is 2.80. The quantitative estimate of drug-likeness (QED) is 0.758. The first-order chi connectivity index (χ1) is 9.08. The van der Waals surface area contributed by atoms with E-state index in [0.29, 0.717) is 6.54 Å². The third-order valence-corrected chi connectivity index (χ3v) is 4.06. The molecule has 0 amide bonds. The lowest BCUT2D eigenvalue weighted by molar-refractivity contribution is -0.137. The molecule has 0 saturated carbocycles. The Hall–Kier alpha value is -1.66. The minimum atomic E-state index is -0.800. The van der Waals surface area contributed by atoms with Gasteiger partial charge in [0, 0.05) is 22.7 Å². The van der Waals surface area contributed by atoms with Crippen LogP contribution in [-0.4, -0.2) is 21.3 Å². The molecule has 2 aromatic heterocycles. The van der Waals surface area contributed by atoms with Crippen LogP contribution in [0.15, 0.2) is 17.5 Å². The SMILES string of the molecule is Cc1n[nH]c(C)c1CNC(CC(=O)O)c1cccs1. The summed E-state index contributed by atoms with van der Waals surface area (Å²) >= 11 is 1.57. The second-order valence-corrected chi connectivity index (χ2v) is 5.44. The average Bonchev–Trinajstić information content (AvgIpc) is 2.97. The first-order valence-corrected chi connectivity index (χ1v) is 6.95. The van der Waals surface area contributed by atoms with Gasteiger partial charge in [-0.2, -0.15) is 5.10 Å². The van der Waals surface area contributed by atoms with Gasteiger partial charge in [-0.25, -0.2) is 0 Å². The number of aromatic amines is 1. The van der Waals surface area contributed by atoms with E-state index in [0.717, 1.165) is 21.8 Å². The molecule has 0 fully saturated rings.